The highest BCUT2D eigenvalue weighted by molar-refractivity contribution is 5.76. The van der Waals surface area contributed by atoms with Crippen LogP contribution in [-0.4, -0.2) is 16.1 Å². The van der Waals surface area contributed by atoms with Crippen molar-refractivity contribution in [2.75, 3.05) is 0 Å². The van der Waals surface area contributed by atoms with Crippen LogP contribution < -0.4 is 10.9 Å². The molecule has 1 aliphatic heterocycles. The summed E-state index contributed by atoms with van der Waals surface area (Å²) < 4.78 is 1.59. The summed E-state index contributed by atoms with van der Waals surface area (Å²) >= 11 is 0. The van der Waals surface area contributed by atoms with Crippen LogP contribution in [0.25, 0.3) is 0 Å². The van der Waals surface area contributed by atoms with Gasteiger partial charge in [0.05, 0.1) is 0 Å². The molecule has 1 N–H and O–H groups in total. The van der Waals surface area contributed by atoms with Gasteiger partial charge in [-0.1, -0.05) is 0 Å². The van der Waals surface area contributed by atoms with Gasteiger partial charge in [-0.15, -0.1) is 12.3 Å². The van der Waals surface area contributed by atoms with Crippen LogP contribution in [0.5, 0.6) is 0 Å². The van der Waals surface area contributed by atoms with Gasteiger partial charge in [-0.05, 0) is 25.5 Å². The standard InChI is InChI=1S/C17H22N4O2/c1-5-6-8-17(19-20-17)9-7-15(22)18-11-14-12(2)10-13(3)21(4)16(14)23/h1,10H,6-9,11H2,2-4H3,(H,18,22). The first-order valence-corrected chi connectivity index (χ1v) is 7.69. The SMILES string of the molecule is C#CCCC1(CCC(=O)NCc2c(C)cc(C)n(C)c2=O)N=N1. The van der Waals surface area contributed by atoms with Crippen LogP contribution in [0.4, 0.5) is 0 Å². The number of terminal acetylenes is 1. The average Bonchev–Trinajstić information content (AvgIpc) is 3.29. The van der Waals surface area contributed by atoms with Gasteiger partial charge in [0.25, 0.3) is 5.56 Å². The molecule has 2 rings (SSSR count). The molecule has 2 heterocycles. The Morgan fingerprint density at radius 3 is 2.70 bits per heavy atom. The molecule has 0 aromatic carbocycles. The minimum atomic E-state index is -0.445. The molecule has 0 unspecified atom stereocenters. The molecule has 1 aromatic heterocycles. The van der Waals surface area contributed by atoms with Gasteiger partial charge in [0.15, 0.2) is 5.66 Å². The summed E-state index contributed by atoms with van der Waals surface area (Å²) in [6.07, 6.45) is 7.41. The molecule has 0 aliphatic carbocycles. The van der Waals surface area contributed by atoms with E-state index in [2.05, 4.69) is 21.5 Å². The van der Waals surface area contributed by atoms with Gasteiger partial charge in [0, 0.05) is 50.5 Å². The van der Waals surface area contributed by atoms with E-state index in [0.717, 1.165) is 11.3 Å². The van der Waals surface area contributed by atoms with Crippen molar-refractivity contribution in [1.82, 2.24) is 9.88 Å². The van der Waals surface area contributed by atoms with E-state index in [-0.39, 0.29) is 18.0 Å². The van der Waals surface area contributed by atoms with Gasteiger partial charge < -0.3 is 9.88 Å². The molecule has 23 heavy (non-hydrogen) atoms. The van der Waals surface area contributed by atoms with Crippen molar-refractivity contribution in [3.63, 3.8) is 0 Å². The van der Waals surface area contributed by atoms with E-state index >= 15 is 0 Å². The Labute approximate surface area is 136 Å². The summed E-state index contributed by atoms with van der Waals surface area (Å²) in [7, 11) is 1.73. The van der Waals surface area contributed by atoms with Gasteiger partial charge in [-0.25, -0.2) is 0 Å². The Balaban J connectivity index is 1.87. The van der Waals surface area contributed by atoms with Crippen molar-refractivity contribution in [3.8, 4) is 12.3 Å². The van der Waals surface area contributed by atoms with E-state index in [1.807, 2.05) is 19.9 Å². The van der Waals surface area contributed by atoms with Crippen LogP contribution in [0.3, 0.4) is 0 Å². The first kappa shape index (κ1) is 16.9. The molecule has 1 amide bonds. The molecule has 0 saturated carbocycles. The molecule has 0 saturated heterocycles. The minimum absolute atomic E-state index is 0.0690. The molecule has 0 fully saturated rings. The summed E-state index contributed by atoms with van der Waals surface area (Å²) in [5.74, 6) is 2.46. The van der Waals surface area contributed by atoms with Gasteiger partial charge in [0.2, 0.25) is 5.91 Å². The van der Waals surface area contributed by atoms with Crippen LogP contribution in [0.1, 0.15) is 42.5 Å². The van der Waals surface area contributed by atoms with E-state index in [4.69, 9.17) is 6.42 Å². The zero-order chi connectivity index (χ0) is 17.0. The van der Waals surface area contributed by atoms with Gasteiger partial charge >= 0.3 is 0 Å². The summed E-state index contributed by atoms with van der Waals surface area (Å²) in [6.45, 7) is 4.00. The molecule has 0 spiro atoms. The number of pyridine rings is 1. The lowest BCUT2D eigenvalue weighted by Gasteiger charge is -2.12. The van der Waals surface area contributed by atoms with Gasteiger partial charge in [0.1, 0.15) is 0 Å². The largest absolute Gasteiger partial charge is 0.352 e. The number of carbonyl (C=O) groups excluding carboxylic acids is 1. The van der Waals surface area contributed by atoms with Crippen LogP contribution in [0.2, 0.25) is 0 Å². The predicted molar refractivity (Wildman–Crippen MR) is 87.9 cm³/mol. The molecule has 122 valence electrons. The molecule has 1 aliphatic rings. The van der Waals surface area contributed by atoms with Crippen molar-refractivity contribution in [2.24, 2.45) is 17.3 Å². The fraction of sp³-hybridized carbons (Fsp3) is 0.529. The van der Waals surface area contributed by atoms with Gasteiger partial charge in [-0.3, -0.25) is 9.59 Å². The molecule has 1 aromatic rings. The fourth-order valence-electron chi connectivity index (χ4n) is 2.50. The van der Waals surface area contributed by atoms with E-state index in [1.165, 1.54) is 0 Å². The molecule has 6 heteroatoms. The zero-order valence-corrected chi connectivity index (χ0v) is 13.8. The predicted octanol–water partition coefficient (Wildman–Crippen LogP) is 1.97. The Bertz CT molecular complexity index is 734. The maximum Gasteiger partial charge on any atom is 0.255 e. The number of rotatable bonds is 7. The second-order valence-corrected chi connectivity index (χ2v) is 5.97. The third-order valence-electron chi connectivity index (χ3n) is 4.26. The molecule has 0 atom stereocenters. The third kappa shape index (κ3) is 4.07. The number of amides is 1. The number of carbonyl (C=O) groups is 1. The molecule has 6 nitrogen and oxygen atoms in total. The Morgan fingerprint density at radius 2 is 2.09 bits per heavy atom. The second-order valence-electron chi connectivity index (χ2n) is 5.97. The maximum atomic E-state index is 12.2. The van der Waals surface area contributed by atoms with Gasteiger partial charge in [-0.2, -0.15) is 10.2 Å². The van der Waals surface area contributed by atoms with E-state index in [0.29, 0.717) is 31.2 Å². The number of hydrogen-bond donors (Lipinski definition) is 1. The van der Waals surface area contributed by atoms with Crippen molar-refractivity contribution >= 4 is 5.91 Å². The molecular weight excluding hydrogens is 292 g/mol. The lowest BCUT2D eigenvalue weighted by molar-refractivity contribution is -0.121. The number of aromatic nitrogens is 1. The lowest BCUT2D eigenvalue weighted by atomic mass is 10.0. The molecule has 0 bridgehead atoms. The smallest absolute Gasteiger partial charge is 0.255 e. The van der Waals surface area contributed by atoms with Crippen molar-refractivity contribution in [3.05, 3.63) is 33.2 Å². The maximum absolute atomic E-state index is 12.2. The Morgan fingerprint density at radius 1 is 1.39 bits per heavy atom. The zero-order valence-electron chi connectivity index (χ0n) is 13.8. The Hall–Kier alpha value is -2.42. The highest BCUT2D eigenvalue weighted by Crippen LogP contribution is 2.37. The normalized spacial score (nSPS) is 14.3. The topological polar surface area (TPSA) is 75.8 Å². The first-order valence-electron chi connectivity index (χ1n) is 7.69. The van der Waals surface area contributed by atoms with Crippen LogP contribution in [-0.2, 0) is 18.4 Å². The summed E-state index contributed by atoms with van der Waals surface area (Å²) in [5.41, 5.74) is 1.90. The summed E-state index contributed by atoms with van der Waals surface area (Å²) in [6, 6.07) is 1.94. The number of aryl methyl sites for hydroxylation is 2. The highest BCUT2D eigenvalue weighted by atomic mass is 16.1. The minimum Gasteiger partial charge on any atom is -0.352 e. The summed E-state index contributed by atoms with van der Waals surface area (Å²) in [5, 5.41) is 10.8. The van der Waals surface area contributed by atoms with E-state index in [1.54, 1.807) is 11.6 Å². The van der Waals surface area contributed by atoms with Crippen molar-refractivity contribution < 1.29 is 4.79 Å². The Kier molecular flexibility index (Phi) is 4.99. The average molecular weight is 314 g/mol. The van der Waals surface area contributed by atoms with Crippen molar-refractivity contribution in [1.29, 1.82) is 0 Å². The van der Waals surface area contributed by atoms with Crippen LogP contribution in [0.15, 0.2) is 21.1 Å². The quantitative estimate of drug-likeness (QED) is 0.781. The van der Waals surface area contributed by atoms with Crippen LogP contribution in [0, 0.1) is 26.2 Å². The fourth-order valence-corrected chi connectivity index (χ4v) is 2.50. The highest BCUT2D eigenvalue weighted by Gasteiger charge is 2.39. The van der Waals surface area contributed by atoms with E-state index in [9.17, 15) is 9.59 Å². The summed E-state index contributed by atoms with van der Waals surface area (Å²) in [4.78, 5) is 24.2. The van der Waals surface area contributed by atoms with E-state index < -0.39 is 5.66 Å². The molecule has 0 radical (unpaired) electrons. The van der Waals surface area contributed by atoms with Crippen molar-refractivity contribution in [2.45, 2.75) is 51.7 Å². The number of hydrogen-bond acceptors (Lipinski definition) is 4. The number of nitrogens with one attached hydrogen (secondary N) is 1. The second kappa shape index (κ2) is 6.78. The molecular formula is C17H22N4O2. The third-order valence-corrected chi connectivity index (χ3v) is 4.26. The number of nitrogens with zero attached hydrogens (tertiary/aromatic N) is 3. The van der Waals surface area contributed by atoms with Crippen LogP contribution >= 0.6 is 0 Å². The lowest BCUT2D eigenvalue weighted by Crippen LogP contribution is -2.31. The monoisotopic (exact) mass is 314 g/mol. The first-order chi connectivity index (χ1) is 10.9.